The Bertz CT molecular complexity index is 1020. The van der Waals surface area contributed by atoms with E-state index in [0.29, 0.717) is 5.57 Å². The van der Waals surface area contributed by atoms with Crippen molar-refractivity contribution in [3.05, 3.63) is 47.3 Å². The number of hydrazone groups is 1. The molecule has 1 N–H and O–H groups in total. The molecule has 0 bridgehead atoms. The third-order valence-corrected chi connectivity index (χ3v) is 5.32. The maximum absolute atomic E-state index is 9.48. The van der Waals surface area contributed by atoms with Crippen LogP contribution in [-0.4, -0.2) is 43.0 Å². The molecule has 4 rings (SSSR count). The first-order valence-electron chi connectivity index (χ1n) is 10.2. The number of nitrogens with zero attached hydrogens (tertiary/aromatic N) is 7. The number of nitrogens with one attached hydrogen (secondary N) is 1. The molecular formula is C21H26N8. The zero-order valence-corrected chi connectivity index (χ0v) is 17.1. The molecule has 2 aromatic rings. The zero-order chi connectivity index (χ0) is 20.4. The normalized spacial score (nSPS) is 20.9. The van der Waals surface area contributed by atoms with Crippen LogP contribution in [0.5, 0.6) is 0 Å². The second-order valence-electron chi connectivity index (χ2n) is 7.75. The Labute approximate surface area is 170 Å². The molecule has 0 aromatic carbocycles. The van der Waals surface area contributed by atoms with Crippen molar-refractivity contribution in [2.75, 3.05) is 0 Å². The maximum Gasteiger partial charge on any atom is 0.162 e. The Morgan fingerprint density at radius 3 is 3.00 bits per heavy atom. The largest absolute Gasteiger partial charge is 0.366 e. The minimum Gasteiger partial charge on any atom is -0.366 e. The van der Waals surface area contributed by atoms with Crippen LogP contribution in [-0.2, 0) is 12.8 Å². The van der Waals surface area contributed by atoms with Gasteiger partial charge in [-0.2, -0.15) is 10.4 Å². The molecule has 2 atom stereocenters. The molecule has 150 valence electrons. The van der Waals surface area contributed by atoms with Gasteiger partial charge in [0.2, 0.25) is 0 Å². The highest BCUT2D eigenvalue weighted by Gasteiger charge is 2.32. The number of dihydropyridines is 1. The predicted octanol–water partition coefficient (Wildman–Crippen LogP) is 2.70. The van der Waals surface area contributed by atoms with Gasteiger partial charge in [0.1, 0.15) is 6.33 Å². The van der Waals surface area contributed by atoms with E-state index in [1.165, 1.54) is 0 Å². The van der Waals surface area contributed by atoms with Crippen LogP contribution in [0.15, 0.2) is 35.4 Å². The topological polar surface area (TPSA) is 94.5 Å². The van der Waals surface area contributed by atoms with Gasteiger partial charge in [0.15, 0.2) is 17.6 Å². The third kappa shape index (κ3) is 3.60. The summed E-state index contributed by atoms with van der Waals surface area (Å²) in [5.74, 6) is 1.11. The summed E-state index contributed by atoms with van der Waals surface area (Å²) >= 11 is 0. The summed E-state index contributed by atoms with van der Waals surface area (Å²) in [6.45, 7) is 6.37. The summed E-state index contributed by atoms with van der Waals surface area (Å²) in [7, 11) is 0. The number of nitriles is 1. The van der Waals surface area contributed by atoms with E-state index in [4.69, 9.17) is 9.97 Å². The molecule has 2 aliphatic heterocycles. The van der Waals surface area contributed by atoms with Gasteiger partial charge < -0.3 is 5.32 Å². The van der Waals surface area contributed by atoms with Gasteiger partial charge in [-0.05, 0) is 24.8 Å². The summed E-state index contributed by atoms with van der Waals surface area (Å²) < 4.78 is 1.80. The summed E-state index contributed by atoms with van der Waals surface area (Å²) in [5, 5.41) is 23.9. The second kappa shape index (κ2) is 8.03. The van der Waals surface area contributed by atoms with E-state index in [1.54, 1.807) is 10.8 Å². The standard InChI is InChI=1S/C21H26N8/c1-4-6-17-18(24-13-28-21(17)26-19(27-28)14(2)3)11-16-8-10-25-29(16)20-15(12-22)7-5-9-23-20/h5,7,9-10,13-14,16,20,23H,4,6,8,11H2,1-3H3. The lowest BCUT2D eigenvalue weighted by molar-refractivity contribution is 0.167. The van der Waals surface area contributed by atoms with Gasteiger partial charge in [-0.3, -0.25) is 5.01 Å². The third-order valence-electron chi connectivity index (χ3n) is 5.32. The molecular weight excluding hydrogens is 364 g/mol. The Kier molecular flexibility index (Phi) is 5.30. The smallest absolute Gasteiger partial charge is 0.162 e. The lowest BCUT2D eigenvalue weighted by atomic mass is 10.0. The maximum atomic E-state index is 9.48. The molecule has 29 heavy (non-hydrogen) atoms. The van der Waals surface area contributed by atoms with Crippen LogP contribution < -0.4 is 5.32 Å². The number of aromatic nitrogens is 4. The van der Waals surface area contributed by atoms with Gasteiger partial charge in [0.05, 0.1) is 23.4 Å². The van der Waals surface area contributed by atoms with Crippen molar-refractivity contribution in [1.29, 1.82) is 5.26 Å². The Morgan fingerprint density at radius 1 is 1.38 bits per heavy atom. The Hall–Kier alpha value is -3.21. The van der Waals surface area contributed by atoms with E-state index in [2.05, 4.69) is 42.4 Å². The van der Waals surface area contributed by atoms with Crippen molar-refractivity contribution in [2.45, 2.75) is 64.6 Å². The molecule has 0 spiro atoms. The lowest BCUT2D eigenvalue weighted by Crippen LogP contribution is -2.46. The van der Waals surface area contributed by atoms with Crippen LogP contribution in [0.3, 0.4) is 0 Å². The number of hydrogen-bond donors (Lipinski definition) is 1. The monoisotopic (exact) mass is 390 g/mol. The molecule has 2 aromatic heterocycles. The summed E-state index contributed by atoms with van der Waals surface area (Å²) in [5.41, 5.74) is 3.76. The first-order valence-corrected chi connectivity index (χ1v) is 10.2. The average Bonchev–Trinajstić information content (AvgIpc) is 3.37. The summed E-state index contributed by atoms with van der Waals surface area (Å²) in [6.07, 6.45) is 12.5. The van der Waals surface area contributed by atoms with Crippen molar-refractivity contribution in [2.24, 2.45) is 5.10 Å². The fraction of sp³-hybridized carbons (Fsp3) is 0.476. The highest BCUT2D eigenvalue weighted by molar-refractivity contribution is 5.60. The van der Waals surface area contributed by atoms with E-state index >= 15 is 0 Å². The lowest BCUT2D eigenvalue weighted by Gasteiger charge is -2.33. The first kappa shape index (κ1) is 19.1. The predicted molar refractivity (Wildman–Crippen MR) is 111 cm³/mol. The highest BCUT2D eigenvalue weighted by Crippen LogP contribution is 2.25. The van der Waals surface area contributed by atoms with Crippen molar-refractivity contribution in [3.63, 3.8) is 0 Å². The number of allylic oxidation sites excluding steroid dienone is 2. The molecule has 2 aliphatic rings. The van der Waals surface area contributed by atoms with Gasteiger partial charge >= 0.3 is 0 Å². The van der Waals surface area contributed by atoms with E-state index in [9.17, 15) is 5.26 Å². The number of aryl methyl sites for hydroxylation is 1. The molecule has 0 amide bonds. The average molecular weight is 390 g/mol. The molecule has 0 saturated heterocycles. The van der Waals surface area contributed by atoms with Crippen LogP contribution in [0.25, 0.3) is 5.65 Å². The molecule has 8 heteroatoms. The fourth-order valence-electron chi connectivity index (χ4n) is 3.82. The van der Waals surface area contributed by atoms with Gasteiger partial charge in [-0.15, -0.1) is 5.10 Å². The van der Waals surface area contributed by atoms with Crippen molar-refractivity contribution in [3.8, 4) is 6.07 Å². The Morgan fingerprint density at radius 2 is 2.24 bits per heavy atom. The van der Waals surface area contributed by atoms with Crippen LogP contribution in [0, 0.1) is 11.3 Å². The van der Waals surface area contributed by atoms with E-state index < -0.39 is 0 Å². The van der Waals surface area contributed by atoms with Gasteiger partial charge in [-0.1, -0.05) is 27.2 Å². The van der Waals surface area contributed by atoms with Gasteiger partial charge in [0.25, 0.3) is 0 Å². The molecule has 0 fully saturated rings. The van der Waals surface area contributed by atoms with E-state index in [1.807, 2.05) is 29.6 Å². The van der Waals surface area contributed by atoms with Crippen LogP contribution in [0.1, 0.15) is 56.6 Å². The van der Waals surface area contributed by atoms with Crippen molar-refractivity contribution < 1.29 is 0 Å². The van der Waals surface area contributed by atoms with Crippen LogP contribution in [0.2, 0.25) is 0 Å². The van der Waals surface area contributed by atoms with Crippen molar-refractivity contribution in [1.82, 2.24) is 29.9 Å². The van der Waals surface area contributed by atoms with Crippen LogP contribution >= 0.6 is 0 Å². The molecule has 0 aliphatic carbocycles. The van der Waals surface area contributed by atoms with Crippen LogP contribution in [0.4, 0.5) is 0 Å². The zero-order valence-electron chi connectivity index (χ0n) is 17.1. The minimum absolute atomic E-state index is 0.133. The fourth-order valence-corrected chi connectivity index (χ4v) is 3.82. The molecule has 0 saturated carbocycles. The quantitative estimate of drug-likeness (QED) is 0.815. The Balaban J connectivity index is 1.64. The highest BCUT2D eigenvalue weighted by atomic mass is 15.5. The van der Waals surface area contributed by atoms with Crippen molar-refractivity contribution >= 4 is 11.9 Å². The number of hydrogen-bond acceptors (Lipinski definition) is 7. The molecule has 0 radical (unpaired) electrons. The van der Waals surface area contributed by atoms with E-state index in [0.717, 1.165) is 48.4 Å². The molecule has 8 nitrogen and oxygen atoms in total. The first-order chi connectivity index (χ1) is 14.1. The SMILES string of the molecule is CCCc1c(CC2CC=NN2C2NC=CC=C2C#N)ncn2nc(C(C)C)nc12. The minimum atomic E-state index is -0.243. The second-order valence-corrected chi connectivity index (χ2v) is 7.75. The summed E-state index contributed by atoms with van der Waals surface area (Å²) in [4.78, 5) is 9.54. The number of rotatable bonds is 6. The van der Waals surface area contributed by atoms with Gasteiger partial charge in [0, 0.05) is 30.5 Å². The molecule has 4 heterocycles. The number of fused-ring (bicyclic) bond motifs is 1. The van der Waals surface area contributed by atoms with E-state index in [-0.39, 0.29) is 18.1 Å². The summed E-state index contributed by atoms with van der Waals surface area (Å²) in [6, 6.07) is 2.41. The molecule has 2 unspecified atom stereocenters. The van der Waals surface area contributed by atoms with Gasteiger partial charge in [-0.25, -0.2) is 14.5 Å².